The normalized spacial score (nSPS) is 11.2. The number of carbonyl (C=O) groups is 1. The van der Waals surface area contributed by atoms with E-state index in [0.717, 1.165) is 15.3 Å². The van der Waals surface area contributed by atoms with Crippen LogP contribution in [0, 0.1) is 5.82 Å². The predicted octanol–water partition coefficient (Wildman–Crippen LogP) is 2.83. The Balaban J connectivity index is 2.18. The van der Waals surface area contributed by atoms with Gasteiger partial charge in [-0.3, -0.25) is 18.7 Å². The molecule has 0 N–H and O–H groups in total. The Kier molecular flexibility index (Phi) is 5.47. The number of hydrogen-bond donors (Lipinski definition) is 0. The number of aromatic nitrogens is 5. The first-order chi connectivity index (χ1) is 13.2. The maximum absolute atomic E-state index is 14.7. The average molecular weight is 436 g/mol. The molecular weight excluding hydrogens is 426 g/mol. The standard InChI is InChI=1S/C15H10Cl2F3N5O3/c1-23-14(28-15(19)20)10(17)11(22-23)12-8(18)4-7(16)13(27)25(12)5-9(26)24-3-2-21-6-24/h2-4,6,15H,5H2,1H3. The Bertz CT molecular complexity index is 1100. The monoisotopic (exact) mass is 435 g/mol. The third-order valence-corrected chi connectivity index (χ3v) is 4.26. The van der Waals surface area contributed by atoms with Crippen LogP contribution in [-0.2, 0) is 13.6 Å². The summed E-state index contributed by atoms with van der Waals surface area (Å²) in [5.74, 6) is -2.22. The Morgan fingerprint density at radius 3 is 2.68 bits per heavy atom. The fourth-order valence-corrected chi connectivity index (χ4v) is 2.95. The van der Waals surface area contributed by atoms with E-state index in [9.17, 15) is 22.8 Å². The van der Waals surface area contributed by atoms with Crippen LogP contribution < -0.4 is 10.3 Å². The minimum absolute atomic E-state index is 0.371. The second kappa shape index (κ2) is 7.68. The molecule has 0 aliphatic carbocycles. The second-order valence-electron chi connectivity index (χ2n) is 5.41. The van der Waals surface area contributed by atoms with Gasteiger partial charge in [-0.05, 0) is 0 Å². The Morgan fingerprint density at radius 1 is 1.36 bits per heavy atom. The quantitative estimate of drug-likeness (QED) is 0.615. The fraction of sp³-hybridized carbons (Fsp3) is 0.200. The average Bonchev–Trinajstić information content (AvgIpc) is 3.24. The van der Waals surface area contributed by atoms with Gasteiger partial charge < -0.3 is 4.74 Å². The smallest absolute Gasteiger partial charge is 0.388 e. The van der Waals surface area contributed by atoms with Crippen LogP contribution in [-0.4, -0.2) is 36.4 Å². The lowest BCUT2D eigenvalue weighted by molar-refractivity contribution is -0.0552. The minimum Gasteiger partial charge on any atom is -0.416 e. The van der Waals surface area contributed by atoms with Crippen LogP contribution in [0.2, 0.25) is 10.0 Å². The van der Waals surface area contributed by atoms with Crippen molar-refractivity contribution >= 4 is 29.1 Å². The Hall–Kier alpha value is -2.79. The lowest BCUT2D eigenvalue weighted by Crippen LogP contribution is -2.29. The van der Waals surface area contributed by atoms with Gasteiger partial charge in [-0.25, -0.2) is 14.1 Å². The van der Waals surface area contributed by atoms with Gasteiger partial charge in [0.25, 0.3) is 11.5 Å². The first-order valence-corrected chi connectivity index (χ1v) is 8.24. The maximum Gasteiger partial charge on any atom is 0.388 e. The van der Waals surface area contributed by atoms with E-state index in [1.54, 1.807) is 0 Å². The van der Waals surface area contributed by atoms with Gasteiger partial charge in [0.2, 0.25) is 5.88 Å². The molecule has 3 aromatic rings. The molecule has 0 unspecified atom stereocenters. The summed E-state index contributed by atoms with van der Waals surface area (Å²) in [6.07, 6.45) is 3.86. The molecule has 8 nitrogen and oxygen atoms in total. The molecule has 0 bridgehead atoms. The second-order valence-corrected chi connectivity index (χ2v) is 6.20. The molecule has 0 saturated carbocycles. The number of carbonyl (C=O) groups excluding carboxylic acids is 1. The number of ether oxygens (including phenoxy) is 1. The van der Waals surface area contributed by atoms with E-state index in [1.807, 2.05) is 0 Å². The molecule has 0 amide bonds. The van der Waals surface area contributed by atoms with Crippen molar-refractivity contribution in [2.75, 3.05) is 0 Å². The molecule has 0 spiro atoms. The van der Waals surface area contributed by atoms with E-state index in [-0.39, 0.29) is 5.69 Å². The number of imidazole rings is 1. The van der Waals surface area contributed by atoms with Crippen LogP contribution in [0.4, 0.5) is 13.2 Å². The number of halogens is 5. The molecule has 0 aromatic carbocycles. The molecule has 0 atom stereocenters. The van der Waals surface area contributed by atoms with E-state index in [4.69, 9.17) is 23.2 Å². The summed E-state index contributed by atoms with van der Waals surface area (Å²) < 4.78 is 46.7. The maximum atomic E-state index is 14.7. The van der Waals surface area contributed by atoms with E-state index in [2.05, 4.69) is 14.8 Å². The third-order valence-electron chi connectivity index (χ3n) is 3.65. The lowest BCUT2D eigenvalue weighted by Gasteiger charge is -2.13. The first-order valence-electron chi connectivity index (χ1n) is 7.48. The number of nitrogens with zero attached hydrogens (tertiary/aromatic N) is 5. The van der Waals surface area contributed by atoms with Gasteiger partial charge in [-0.15, -0.1) is 0 Å². The number of hydrogen-bond acceptors (Lipinski definition) is 5. The molecule has 3 heterocycles. The molecule has 0 aliphatic heterocycles. The van der Waals surface area contributed by atoms with Crippen LogP contribution in [0.3, 0.4) is 0 Å². The van der Waals surface area contributed by atoms with Gasteiger partial charge in [-0.2, -0.15) is 13.9 Å². The highest BCUT2D eigenvalue weighted by atomic mass is 35.5. The van der Waals surface area contributed by atoms with Gasteiger partial charge >= 0.3 is 6.61 Å². The summed E-state index contributed by atoms with van der Waals surface area (Å²) in [7, 11) is 1.24. The van der Waals surface area contributed by atoms with E-state index >= 15 is 0 Å². The minimum atomic E-state index is -3.21. The molecular formula is C15H10Cl2F3N5O3. The summed E-state index contributed by atoms with van der Waals surface area (Å²) in [5, 5.41) is 2.89. The van der Waals surface area contributed by atoms with E-state index < -0.39 is 52.1 Å². The summed E-state index contributed by atoms with van der Waals surface area (Å²) in [6, 6.07) is 0.718. The molecule has 0 aliphatic rings. The van der Waals surface area contributed by atoms with Crippen LogP contribution >= 0.6 is 23.2 Å². The predicted molar refractivity (Wildman–Crippen MR) is 92.4 cm³/mol. The third kappa shape index (κ3) is 3.62. The molecule has 3 rings (SSSR count). The molecule has 0 fully saturated rings. The zero-order valence-electron chi connectivity index (χ0n) is 13.9. The summed E-state index contributed by atoms with van der Waals surface area (Å²) in [5.41, 5.74) is -1.78. The molecule has 13 heteroatoms. The SMILES string of the molecule is Cn1nc(-c2c(F)cc(Cl)c(=O)n2CC(=O)n2ccnc2)c(Cl)c1OC(F)F. The summed E-state index contributed by atoms with van der Waals surface area (Å²) in [6.45, 7) is -3.85. The van der Waals surface area contributed by atoms with Gasteiger partial charge in [0.05, 0.1) is 0 Å². The van der Waals surface area contributed by atoms with Gasteiger partial charge in [0, 0.05) is 25.5 Å². The van der Waals surface area contributed by atoms with Gasteiger partial charge in [-0.1, -0.05) is 23.2 Å². The zero-order valence-corrected chi connectivity index (χ0v) is 15.5. The number of alkyl halides is 2. The fourth-order valence-electron chi connectivity index (χ4n) is 2.46. The zero-order chi connectivity index (χ0) is 20.6. The summed E-state index contributed by atoms with van der Waals surface area (Å²) >= 11 is 11.8. The highest BCUT2D eigenvalue weighted by Gasteiger charge is 2.27. The van der Waals surface area contributed by atoms with Crippen molar-refractivity contribution < 1.29 is 22.7 Å². The highest BCUT2D eigenvalue weighted by molar-refractivity contribution is 6.34. The van der Waals surface area contributed by atoms with Crippen molar-refractivity contribution in [2.45, 2.75) is 13.2 Å². The van der Waals surface area contributed by atoms with Crippen molar-refractivity contribution in [3.05, 3.63) is 51.0 Å². The topological polar surface area (TPSA) is 83.9 Å². The van der Waals surface area contributed by atoms with Crippen molar-refractivity contribution in [1.29, 1.82) is 0 Å². The Labute approximate surface area is 164 Å². The molecule has 0 saturated heterocycles. The van der Waals surface area contributed by atoms with E-state index in [1.165, 1.54) is 25.8 Å². The van der Waals surface area contributed by atoms with Crippen molar-refractivity contribution in [2.24, 2.45) is 7.05 Å². The van der Waals surface area contributed by atoms with E-state index in [0.29, 0.717) is 4.57 Å². The van der Waals surface area contributed by atoms with Crippen molar-refractivity contribution in [3.8, 4) is 17.3 Å². The Morgan fingerprint density at radius 2 is 2.07 bits per heavy atom. The highest BCUT2D eigenvalue weighted by Crippen LogP contribution is 2.36. The number of pyridine rings is 1. The van der Waals surface area contributed by atoms with Gasteiger partial charge in [0.1, 0.15) is 34.3 Å². The van der Waals surface area contributed by atoms with Crippen molar-refractivity contribution in [3.63, 3.8) is 0 Å². The van der Waals surface area contributed by atoms with Crippen LogP contribution in [0.1, 0.15) is 4.79 Å². The number of aryl methyl sites for hydroxylation is 1. The summed E-state index contributed by atoms with van der Waals surface area (Å²) in [4.78, 5) is 28.5. The van der Waals surface area contributed by atoms with Crippen LogP contribution in [0.5, 0.6) is 5.88 Å². The molecule has 28 heavy (non-hydrogen) atoms. The molecule has 148 valence electrons. The van der Waals surface area contributed by atoms with Crippen LogP contribution in [0.15, 0.2) is 29.6 Å². The van der Waals surface area contributed by atoms with Crippen molar-refractivity contribution in [1.82, 2.24) is 23.9 Å². The molecule has 0 radical (unpaired) electrons. The lowest BCUT2D eigenvalue weighted by atomic mass is 10.2. The van der Waals surface area contributed by atoms with Gasteiger partial charge in [0.15, 0.2) is 5.82 Å². The van der Waals surface area contributed by atoms with Crippen LogP contribution in [0.25, 0.3) is 11.4 Å². The number of rotatable bonds is 5. The first kappa shape index (κ1) is 20.0. The largest absolute Gasteiger partial charge is 0.416 e. The molecule has 3 aromatic heterocycles.